The van der Waals surface area contributed by atoms with E-state index in [1.54, 1.807) is 4.90 Å². The smallest absolute Gasteiger partial charge is 0.317 e. The van der Waals surface area contributed by atoms with Crippen LogP contribution in [0.4, 0.5) is 4.79 Å². The highest BCUT2D eigenvalue weighted by Crippen LogP contribution is 2.21. The van der Waals surface area contributed by atoms with Crippen LogP contribution in [0.15, 0.2) is 24.3 Å². The number of hydrogen-bond donors (Lipinski definition) is 2. The molecular formula is C20H32ClN3O4. The molecule has 158 valence electrons. The maximum atomic E-state index is 12.0. The van der Waals surface area contributed by atoms with Gasteiger partial charge in [0, 0.05) is 32.2 Å². The second-order valence-corrected chi connectivity index (χ2v) is 7.17. The van der Waals surface area contributed by atoms with Gasteiger partial charge in [-0.2, -0.15) is 0 Å². The van der Waals surface area contributed by atoms with Gasteiger partial charge in [0.25, 0.3) is 0 Å². The van der Waals surface area contributed by atoms with Gasteiger partial charge in [-0.05, 0) is 51.3 Å². The van der Waals surface area contributed by atoms with Crippen LogP contribution in [-0.4, -0.2) is 65.2 Å². The number of aliphatic carboxylic acids is 1. The Balaban J connectivity index is 0.00000392. The molecule has 1 aromatic rings. The van der Waals surface area contributed by atoms with Crippen molar-refractivity contribution in [2.75, 3.05) is 26.2 Å². The molecule has 0 unspecified atom stereocenters. The third-order valence-electron chi connectivity index (χ3n) is 4.59. The Morgan fingerprint density at radius 3 is 2.57 bits per heavy atom. The van der Waals surface area contributed by atoms with Crippen molar-refractivity contribution in [1.29, 1.82) is 0 Å². The van der Waals surface area contributed by atoms with E-state index in [-0.39, 0.29) is 37.1 Å². The summed E-state index contributed by atoms with van der Waals surface area (Å²) in [6.07, 6.45) is 1.63. The molecule has 28 heavy (non-hydrogen) atoms. The van der Waals surface area contributed by atoms with Gasteiger partial charge in [-0.1, -0.05) is 12.1 Å². The lowest BCUT2D eigenvalue weighted by Crippen LogP contribution is -2.50. The molecule has 1 aliphatic rings. The van der Waals surface area contributed by atoms with Crippen molar-refractivity contribution in [3.05, 3.63) is 29.8 Å². The molecule has 1 aliphatic heterocycles. The lowest BCUT2D eigenvalue weighted by molar-refractivity contribution is -0.139. The number of carboxylic acids is 1. The Bertz CT molecular complexity index is 634. The zero-order valence-electron chi connectivity index (χ0n) is 16.9. The average Bonchev–Trinajstić information content (AvgIpc) is 2.61. The molecule has 0 radical (unpaired) electrons. The molecule has 0 atom stereocenters. The average molecular weight is 414 g/mol. The molecule has 1 saturated heterocycles. The van der Waals surface area contributed by atoms with Gasteiger partial charge >= 0.3 is 12.0 Å². The second-order valence-electron chi connectivity index (χ2n) is 7.17. The zero-order chi connectivity index (χ0) is 19.8. The Hall–Kier alpha value is -1.99. The van der Waals surface area contributed by atoms with Gasteiger partial charge in [-0.15, -0.1) is 12.4 Å². The van der Waals surface area contributed by atoms with Crippen LogP contribution < -0.4 is 10.1 Å². The third kappa shape index (κ3) is 7.56. The van der Waals surface area contributed by atoms with Crippen molar-refractivity contribution < 1.29 is 19.4 Å². The number of likely N-dealkylation sites (tertiary alicyclic amines) is 1. The Morgan fingerprint density at radius 2 is 2.00 bits per heavy atom. The van der Waals surface area contributed by atoms with Crippen LogP contribution in [0.5, 0.6) is 5.75 Å². The van der Waals surface area contributed by atoms with Crippen molar-refractivity contribution in [2.45, 2.75) is 52.3 Å². The summed E-state index contributed by atoms with van der Waals surface area (Å²) in [6, 6.07) is 7.91. The van der Waals surface area contributed by atoms with Crippen molar-refractivity contribution in [1.82, 2.24) is 15.1 Å². The Labute approximate surface area is 173 Å². The molecule has 1 heterocycles. The van der Waals surface area contributed by atoms with Gasteiger partial charge in [-0.3, -0.25) is 9.69 Å². The predicted molar refractivity (Wildman–Crippen MR) is 111 cm³/mol. The number of rotatable bonds is 8. The number of nitrogens with zero attached hydrogens (tertiary/aromatic N) is 2. The number of carbonyl (C=O) groups excluding carboxylic acids is 1. The van der Waals surface area contributed by atoms with E-state index in [4.69, 9.17) is 4.74 Å². The minimum atomic E-state index is -0.837. The Morgan fingerprint density at radius 1 is 1.32 bits per heavy atom. The highest BCUT2D eigenvalue weighted by molar-refractivity contribution is 5.85. The van der Waals surface area contributed by atoms with Crippen LogP contribution in [0, 0.1) is 0 Å². The van der Waals surface area contributed by atoms with Crippen molar-refractivity contribution in [3.63, 3.8) is 0 Å². The van der Waals surface area contributed by atoms with E-state index in [1.165, 1.54) is 0 Å². The fourth-order valence-corrected chi connectivity index (χ4v) is 3.41. The van der Waals surface area contributed by atoms with Crippen LogP contribution in [0.3, 0.4) is 0 Å². The van der Waals surface area contributed by atoms with Crippen LogP contribution in [0.2, 0.25) is 0 Å². The first-order chi connectivity index (χ1) is 12.9. The molecule has 2 rings (SSSR count). The van der Waals surface area contributed by atoms with E-state index in [0.29, 0.717) is 26.2 Å². The first-order valence-corrected chi connectivity index (χ1v) is 9.63. The second kappa shape index (κ2) is 11.8. The van der Waals surface area contributed by atoms with E-state index in [0.717, 1.165) is 24.2 Å². The van der Waals surface area contributed by atoms with E-state index in [1.807, 2.05) is 49.9 Å². The van der Waals surface area contributed by atoms with Crippen molar-refractivity contribution in [2.24, 2.45) is 0 Å². The molecular weight excluding hydrogens is 382 g/mol. The third-order valence-corrected chi connectivity index (χ3v) is 4.59. The van der Waals surface area contributed by atoms with E-state index in [2.05, 4.69) is 5.32 Å². The summed E-state index contributed by atoms with van der Waals surface area (Å²) in [5, 5.41) is 12.2. The number of piperidine rings is 1. The normalized spacial score (nSPS) is 14.7. The summed E-state index contributed by atoms with van der Waals surface area (Å²) >= 11 is 0. The van der Waals surface area contributed by atoms with Gasteiger partial charge in [0.1, 0.15) is 5.75 Å². The maximum Gasteiger partial charge on any atom is 0.317 e. The summed E-state index contributed by atoms with van der Waals surface area (Å²) in [5.41, 5.74) is 1.03. The number of hydrogen-bond acceptors (Lipinski definition) is 4. The lowest BCUT2D eigenvalue weighted by atomic mass is 10.0. The number of carbonyl (C=O) groups is 2. The van der Waals surface area contributed by atoms with Crippen LogP contribution >= 0.6 is 12.4 Å². The molecule has 1 aromatic carbocycles. The molecule has 1 fully saturated rings. The topological polar surface area (TPSA) is 82.1 Å². The summed E-state index contributed by atoms with van der Waals surface area (Å²) in [4.78, 5) is 27.1. The number of halogens is 1. The van der Waals surface area contributed by atoms with Crippen LogP contribution in [-0.2, 0) is 11.3 Å². The largest absolute Gasteiger partial charge is 0.491 e. The predicted octanol–water partition coefficient (Wildman–Crippen LogP) is 2.98. The fraction of sp³-hybridized carbons (Fsp3) is 0.600. The van der Waals surface area contributed by atoms with E-state index in [9.17, 15) is 14.7 Å². The van der Waals surface area contributed by atoms with Gasteiger partial charge in [-0.25, -0.2) is 4.79 Å². The van der Waals surface area contributed by atoms with Gasteiger partial charge in [0.05, 0.1) is 12.6 Å². The minimum absolute atomic E-state index is 0. The van der Waals surface area contributed by atoms with Crippen molar-refractivity contribution >= 4 is 24.4 Å². The van der Waals surface area contributed by atoms with Crippen LogP contribution in [0.25, 0.3) is 0 Å². The quantitative estimate of drug-likeness (QED) is 0.684. The molecule has 0 spiro atoms. The molecule has 2 amide bonds. The SMILES string of the molecule is CCNC(=O)N1CCC(N(CC(=O)O)Cc2cccc(OC(C)C)c2)CC1.Cl. The standard InChI is InChI=1S/C20H31N3O4.ClH/c1-4-21-20(26)22-10-8-17(9-11-22)23(14-19(24)25)13-16-6-5-7-18(12-16)27-15(2)3;/h5-7,12,15,17H,4,8-11,13-14H2,1-3H3,(H,21,26)(H,24,25);1H. The van der Waals surface area contributed by atoms with Gasteiger partial charge < -0.3 is 20.1 Å². The molecule has 7 nitrogen and oxygen atoms in total. The lowest BCUT2D eigenvalue weighted by Gasteiger charge is -2.38. The molecule has 0 bridgehead atoms. The van der Waals surface area contributed by atoms with Crippen molar-refractivity contribution in [3.8, 4) is 5.75 Å². The number of urea groups is 1. The summed E-state index contributed by atoms with van der Waals surface area (Å²) in [7, 11) is 0. The highest BCUT2D eigenvalue weighted by Gasteiger charge is 2.28. The summed E-state index contributed by atoms with van der Waals surface area (Å²) < 4.78 is 5.74. The molecule has 0 aliphatic carbocycles. The number of nitrogens with one attached hydrogen (secondary N) is 1. The number of ether oxygens (including phenoxy) is 1. The number of benzene rings is 1. The molecule has 8 heteroatoms. The van der Waals surface area contributed by atoms with Gasteiger partial charge in [0.2, 0.25) is 0 Å². The first-order valence-electron chi connectivity index (χ1n) is 9.63. The number of carboxylic acid groups (broad SMARTS) is 1. The highest BCUT2D eigenvalue weighted by atomic mass is 35.5. The Kier molecular flexibility index (Phi) is 10.1. The van der Waals surface area contributed by atoms with E-state index < -0.39 is 5.97 Å². The first kappa shape index (κ1) is 24.0. The summed E-state index contributed by atoms with van der Waals surface area (Å²) in [6.45, 7) is 8.29. The molecule has 0 aromatic heterocycles. The fourth-order valence-electron chi connectivity index (χ4n) is 3.41. The molecule has 2 N–H and O–H groups in total. The maximum absolute atomic E-state index is 12.0. The monoisotopic (exact) mass is 413 g/mol. The summed E-state index contributed by atoms with van der Waals surface area (Å²) in [5.74, 6) is -0.0421. The van der Waals surface area contributed by atoms with Gasteiger partial charge in [0.15, 0.2) is 0 Å². The zero-order valence-corrected chi connectivity index (χ0v) is 17.7. The van der Waals surface area contributed by atoms with E-state index >= 15 is 0 Å². The number of amides is 2. The van der Waals surface area contributed by atoms with Crippen LogP contribution in [0.1, 0.15) is 39.2 Å². The molecule has 0 saturated carbocycles. The minimum Gasteiger partial charge on any atom is -0.491 e.